The number of imidazole rings is 1. The normalized spacial score (nSPS) is 10.9. The molecule has 0 amide bonds. The first-order chi connectivity index (χ1) is 9.72. The van der Waals surface area contributed by atoms with Gasteiger partial charge in [0.1, 0.15) is 11.4 Å². The summed E-state index contributed by atoms with van der Waals surface area (Å²) in [5.74, 6) is 0.451. The smallest absolute Gasteiger partial charge is 0.260 e. The zero-order valence-electron chi connectivity index (χ0n) is 10.5. The lowest BCUT2D eigenvalue weighted by Gasteiger charge is -1.97. The number of hydrogen-bond donors (Lipinski definition) is 3. The summed E-state index contributed by atoms with van der Waals surface area (Å²) in [6.45, 7) is 0. The lowest BCUT2D eigenvalue weighted by atomic mass is 10.2. The number of H-pyrrole nitrogens is 3. The topological polar surface area (TPSA) is 90.2 Å². The van der Waals surface area contributed by atoms with Gasteiger partial charge in [-0.3, -0.25) is 9.89 Å². The molecule has 3 N–H and O–H groups in total. The lowest BCUT2D eigenvalue weighted by molar-refractivity contribution is 1.12. The maximum absolute atomic E-state index is 11.9. The van der Waals surface area contributed by atoms with Gasteiger partial charge in [-0.2, -0.15) is 5.10 Å². The summed E-state index contributed by atoms with van der Waals surface area (Å²) < 4.78 is 0. The third kappa shape index (κ3) is 2.09. The highest BCUT2D eigenvalue weighted by molar-refractivity contribution is 6.33. The van der Waals surface area contributed by atoms with Gasteiger partial charge in [0.2, 0.25) is 0 Å². The van der Waals surface area contributed by atoms with Crippen LogP contribution in [0.15, 0.2) is 35.4 Å². The Balaban J connectivity index is 0.00000132. The Morgan fingerprint density at radius 3 is 2.86 bits per heavy atom. The van der Waals surface area contributed by atoms with Gasteiger partial charge in [0, 0.05) is 11.6 Å². The number of aromatic nitrogens is 5. The van der Waals surface area contributed by atoms with Crippen molar-refractivity contribution < 1.29 is 0 Å². The molecule has 3 heterocycles. The van der Waals surface area contributed by atoms with Crippen LogP contribution in [0.3, 0.4) is 0 Å². The SMILES string of the molecule is Cl.O=c1[nH]ccc(Cl)c1-c1nc2cc3cn[nH]c3cc2[nH]1. The Morgan fingerprint density at radius 1 is 1.19 bits per heavy atom. The van der Waals surface area contributed by atoms with Gasteiger partial charge < -0.3 is 9.97 Å². The average molecular weight is 322 g/mol. The van der Waals surface area contributed by atoms with Crippen LogP contribution in [0.2, 0.25) is 5.02 Å². The molecule has 1 aromatic carbocycles. The predicted octanol–water partition coefficient (Wildman–Crippen LogP) is 2.87. The van der Waals surface area contributed by atoms with Crippen molar-refractivity contribution in [2.45, 2.75) is 0 Å². The van der Waals surface area contributed by atoms with Crippen molar-refractivity contribution >= 4 is 45.9 Å². The quantitative estimate of drug-likeness (QED) is 0.503. The molecule has 0 fully saturated rings. The molecule has 21 heavy (non-hydrogen) atoms. The van der Waals surface area contributed by atoms with Crippen LogP contribution in [0.5, 0.6) is 0 Å². The molecular formula is C13H9Cl2N5O. The molecule has 0 radical (unpaired) electrons. The van der Waals surface area contributed by atoms with Gasteiger partial charge in [-0.15, -0.1) is 12.4 Å². The first-order valence-electron chi connectivity index (χ1n) is 5.93. The van der Waals surface area contributed by atoms with Gasteiger partial charge in [-0.05, 0) is 18.2 Å². The Labute approximate surface area is 129 Å². The minimum atomic E-state index is -0.274. The zero-order chi connectivity index (χ0) is 13.7. The summed E-state index contributed by atoms with van der Waals surface area (Å²) in [4.78, 5) is 22.0. The van der Waals surface area contributed by atoms with E-state index in [9.17, 15) is 4.79 Å². The Morgan fingerprint density at radius 2 is 2.05 bits per heavy atom. The fraction of sp³-hybridized carbons (Fsp3) is 0. The van der Waals surface area contributed by atoms with Crippen LogP contribution in [0.25, 0.3) is 33.3 Å². The fourth-order valence-corrected chi connectivity index (χ4v) is 2.48. The molecule has 8 heteroatoms. The van der Waals surface area contributed by atoms with Crippen LogP contribution in [0.1, 0.15) is 0 Å². The summed E-state index contributed by atoms with van der Waals surface area (Å²) in [6.07, 6.45) is 3.23. The van der Waals surface area contributed by atoms with E-state index in [1.807, 2.05) is 12.1 Å². The number of hydrogen-bond acceptors (Lipinski definition) is 3. The van der Waals surface area contributed by atoms with E-state index in [0.29, 0.717) is 16.4 Å². The molecule has 0 aliphatic carbocycles. The maximum Gasteiger partial charge on any atom is 0.260 e. The highest BCUT2D eigenvalue weighted by Crippen LogP contribution is 2.25. The molecule has 4 rings (SSSR count). The first kappa shape index (κ1) is 13.7. The third-order valence-corrected chi connectivity index (χ3v) is 3.50. The van der Waals surface area contributed by atoms with Crippen molar-refractivity contribution in [3.63, 3.8) is 0 Å². The number of pyridine rings is 1. The van der Waals surface area contributed by atoms with E-state index in [-0.39, 0.29) is 18.0 Å². The van der Waals surface area contributed by atoms with Gasteiger partial charge in [0.15, 0.2) is 0 Å². The van der Waals surface area contributed by atoms with Crippen molar-refractivity contribution in [2.24, 2.45) is 0 Å². The van der Waals surface area contributed by atoms with Crippen LogP contribution in [0.4, 0.5) is 0 Å². The van der Waals surface area contributed by atoms with E-state index in [0.717, 1.165) is 21.9 Å². The van der Waals surface area contributed by atoms with Gasteiger partial charge >= 0.3 is 0 Å². The molecule has 0 saturated carbocycles. The average Bonchev–Trinajstić information content (AvgIpc) is 3.00. The van der Waals surface area contributed by atoms with Gasteiger partial charge in [0.05, 0.1) is 27.8 Å². The highest BCUT2D eigenvalue weighted by Gasteiger charge is 2.13. The second-order valence-corrected chi connectivity index (χ2v) is 4.85. The number of fused-ring (bicyclic) bond motifs is 2. The monoisotopic (exact) mass is 321 g/mol. The molecule has 106 valence electrons. The Bertz CT molecular complexity index is 953. The zero-order valence-corrected chi connectivity index (χ0v) is 12.0. The van der Waals surface area contributed by atoms with Crippen LogP contribution >= 0.6 is 24.0 Å². The van der Waals surface area contributed by atoms with E-state index >= 15 is 0 Å². The van der Waals surface area contributed by atoms with Crippen LogP contribution in [0, 0.1) is 0 Å². The van der Waals surface area contributed by atoms with Crippen LogP contribution in [-0.4, -0.2) is 25.1 Å². The molecule has 0 aliphatic heterocycles. The molecule has 0 aliphatic rings. The standard InChI is InChI=1S/C13H8ClN5O.ClH/c14-7-1-2-15-13(20)11(7)12-17-9-3-6-5-16-19-8(6)4-10(9)18-12;/h1-5H,(H,15,20)(H,16,19)(H,17,18);1H. The summed E-state index contributed by atoms with van der Waals surface area (Å²) in [5.41, 5.74) is 2.54. The summed E-state index contributed by atoms with van der Waals surface area (Å²) in [6, 6.07) is 5.43. The van der Waals surface area contributed by atoms with E-state index < -0.39 is 0 Å². The fourth-order valence-electron chi connectivity index (χ4n) is 2.24. The number of nitrogens with zero attached hydrogens (tertiary/aromatic N) is 2. The molecule has 6 nitrogen and oxygen atoms in total. The van der Waals surface area contributed by atoms with E-state index in [1.54, 1.807) is 12.3 Å². The minimum Gasteiger partial charge on any atom is -0.338 e. The highest BCUT2D eigenvalue weighted by atomic mass is 35.5. The molecule has 3 aromatic heterocycles. The molecule has 0 spiro atoms. The van der Waals surface area contributed by atoms with Crippen molar-refractivity contribution in [3.05, 3.63) is 46.0 Å². The number of halogens is 2. The summed E-state index contributed by atoms with van der Waals surface area (Å²) >= 11 is 6.08. The molecule has 0 atom stereocenters. The number of nitrogens with one attached hydrogen (secondary N) is 3. The van der Waals surface area contributed by atoms with Crippen LogP contribution in [-0.2, 0) is 0 Å². The third-order valence-electron chi connectivity index (χ3n) is 3.19. The molecule has 0 saturated heterocycles. The molecular weight excluding hydrogens is 313 g/mol. The maximum atomic E-state index is 11.9. The van der Waals surface area contributed by atoms with Crippen molar-refractivity contribution in [1.29, 1.82) is 0 Å². The van der Waals surface area contributed by atoms with Gasteiger partial charge in [0.25, 0.3) is 5.56 Å². The summed E-state index contributed by atoms with van der Waals surface area (Å²) in [7, 11) is 0. The molecule has 0 bridgehead atoms. The predicted molar refractivity (Wildman–Crippen MR) is 84.1 cm³/mol. The minimum absolute atomic E-state index is 0. The van der Waals surface area contributed by atoms with Crippen LogP contribution < -0.4 is 5.56 Å². The Hall–Kier alpha value is -2.31. The van der Waals surface area contributed by atoms with E-state index in [4.69, 9.17) is 11.6 Å². The molecule has 0 unspecified atom stereocenters. The first-order valence-corrected chi connectivity index (χ1v) is 6.30. The van der Waals surface area contributed by atoms with Gasteiger partial charge in [-0.25, -0.2) is 4.98 Å². The second-order valence-electron chi connectivity index (χ2n) is 4.44. The van der Waals surface area contributed by atoms with Crippen molar-refractivity contribution in [3.8, 4) is 11.4 Å². The van der Waals surface area contributed by atoms with E-state index in [1.165, 1.54) is 6.20 Å². The van der Waals surface area contributed by atoms with E-state index in [2.05, 4.69) is 25.1 Å². The summed E-state index contributed by atoms with van der Waals surface area (Å²) in [5, 5.41) is 8.18. The number of aromatic amines is 3. The molecule has 4 aromatic rings. The number of benzene rings is 1. The second kappa shape index (κ2) is 4.91. The van der Waals surface area contributed by atoms with Crippen molar-refractivity contribution in [1.82, 2.24) is 25.1 Å². The lowest BCUT2D eigenvalue weighted by Crippen LogP contribution is -2.08. The largest absolute Gasteiger partial charge is 0.338 e. The number of rotatable bonds is 1. The van der Waals surface area contributed by atoms with Crippen molar-refractivity contribution in [2.75, 3.05) is 0 Å². The Kier molecular flexibility index (Phi) is 3.19. The van der Waals surface area contributed by atoms with Gasteiger partial charge in [-0.1, -0.05) is 11.6 Å².